The molecule has 7 heteroatoms. The summed E-state index contributed by atoms with van der Waals surface area (Å²) in [6.07, 6.45) is 0.536. The maximum absolute atomic E-state index is 12.0. The molecule has 2 rings (SSSR count). The third-order valence-corrected chi connectivity index (χ3v) is 3.65. The molecule has 0 spiro atoms. The average Bonchev–Trinajstić information content (AvgIpc) is 2.88. The molecule has 0 aromatic carbocycles. The number of hydrogen-bond acceptors (Lipinski definition) is 5. The van der Waals surface area contributed by atoms with Crippen LogP contribution in [0, 0.1) is 5.41 Å². The fourth-order valence-electron chi connectivity index (χ4n) is 2.54. The normalized spacial score (nSPS) is 29.9. The maximum atomic E-state index is 12.0. The number of hydrogen-bond donors (Lipinski definition) is 2. The summed E-state index contributed by atoms with van der Waals surface area (Å²) in [5, 5.41) is 0. The average molecular weight is 269 g/mol. The first-order chi connectivity index (χ1) is 8.85. The summed E-state index contributed by atoms with van der Waals surface area (Å²) in [5.41, 5.74) is 1.41. The zero-order chi connectivity index (χ0) is 14.2. The van der Waals surface area contributed by atoms with Crippen molar-refractivity contribution in [2.24, 2.45) is 11.3 Å². The van der Waals surface area contributed by atoms with Gasteiger partial charge in [0.2, 0.25) is 11.8 Å². The molecule has 2 unspecified atom stereocenters. The number of ether oxygens (including phenoxy) is 1. The Morgan fingerprint density at radius 1 is 1.47 bits per heavy atom. The van der Waals surface area contributed by atoms with Gasteiger partial charge in [0.15, 0.2) is 0 Å². The van der Waals surface area contributed by atoms with Gasteiger partial charge >= 0.3 is 0 Å². The maximum Gasteiger partial charge on any atom is 0.263 e. The number of carbonyl (C=O) groups excluding carboxylic acids is 3. The van der Waals surface area contributed by atoms with Gasteiger partial charge in [-0.15, -0.1) is 0 Å². The number of nitrogens with zero attached hydrogens (tertiary/aromatic N) is 1. The van der Waals surface area contributed by atoms with Crippen LogP contribution in [-0.2, 0) is 19.1 Å². The first-order valence-corrected chi connectivity index (χ1v) is 6.36. The first kappa shape index (κ1) is 14.0. The van der Waals surface area contributed by atoms with E-state index >= 15 is 0 Å². The van der Waals surface area contributed by atoms with Gasteiger partial charge in [-0.05, 0) is 12.8 Å². The lowest BCUT2D eigenvalue weighted by Crippen LogP contribution is -2.41. The molecular weight excluding hydrogens is 250 g/mol. The van der Waals surface area contributed by atoms with Gasteiger partial charge in [-0.1, -0.05) is 13.8 Å². The molecule has 3 N–H and O–H groups in total. The second-order valence-corrected chi connectivity index (χ2v) is 5.70. The third-order valence-electron chi connectivity index (χ3n) is 3.65. The molecule has 2 aliphatic heterocycles. The molecule has 19 heavy (non-hydrogen) atoms. The fourth-order valence-corrected chi connectivity index (χ4v) is 2.54. The molecule has 3 amide bonds. The largest absolute Gasteiger partial charge is 0.363 e. The lowest BCUT2D eigenvalue weighted by atomic mass is 9.92. The molecular formula is C12H19N3O4. The van der Waals surface area contributed by atoms with Crippen molar-refractivity contribution in [2.45, 2.75) is 45.3 Å². The highest BCUT2D eigenvalue weighted by Crippen LogP contribution is 2.33. The van der Waals surface area contributed by atoms with Crippen LogP contribution in [0.15, 0.2) is 0 Å². The molecule has 0 radical (unpaired) electrons. The fraction of sp³-hybridized carbons (Fsp3) is 0.750. The molecule has 0 bridgehead atoms. The van der Waals surface area contributed by atoms with Crippen LogP contribution < -0.4 is 11.3 Å². The zero-order valence-electron chi connectivity index (χ0n) is 11.1. The van der Waals surface area contributed by atoms with E-state index in [0.29, 0.717) is 12.8 Å². The van der Waals surface area contributed by atoms with Crippen molar-refractivity contribution >= 4 is 17.7 Å². The van der Waals surface area contributed by atoms with E-state index in [9.17, 15) is 14.4 Å². The van der Waals surface area contributed by atoms with Crippen LogP contribution in [0.5, 0.6) is 0 Å². The van der Waals surface area contributed by atoms with Crippen LogP contribution in [0.3, 0.4) is 0 Å². The number of hydrazine groups is 1. The van der Waals surface area contributed by atoms with E-state index < -0.39 is 11.5 Å². The van der Waals surface area contributed by atoms with Crippen LogP contribution in [0.2, 0.25) is 0 Å². The predicted molar refractivity (Wildman–Crippen MR) is 65.3 cm³/mol. The highest BCUT2D eigenvalue weighted by atomic mass is 16.5. The number of likely N-dealkylation sites (tertiary alicyclic amines) is 1. The van der Waals surface area contributed by atoms with Crippen molar-refractivity contribution in [3.05, 3.63) is 0 Å². The van der Waals surface area contributed by atoms with E-state index in [4.69, 9.17) is 10.6 Å². The highest BCUT2D eigenvalue weighted by Gasteiger charge is 2.46. The Bertz CT molecular complexity index is 421. The van der Waals surface area contributed by atoms with Gasteiger partial charge in [-0.3, -0.25) is 24.7 Å². The van der Waals surface area contributed by atoms with Gasteiger partial charge < -0.3 is 4.74 Å². The van der Waals surface area contributed by atoms with Crippen molar-refractivity contribution in [1.82, 2.24) is 10.3 Å². The minimum atomic E-state index is -0.635. The predicted octanol–water partition coefficient (Wildman–Crippen LogP) is -0.691. The molecule has 106 valence electrons. The lowest BCUT2D eigenvalue weighted by Gasteiger charge is -2.21. The SMILES string of the molecule is CC1(C)CC(=O)N(CC2CCC(C(=O)NN)O2)C1=O. The van der Waals surface area contributed by atoms with Crippen molar-refractivity contribution in [2.75, 3.05) is 6.54 Å². The molecule has 2 fully saturated rings. The molecule has 0 saturated carbocycles. The highest BCUT2D eigenvalue weighted by molar-refractivity contribution is 6.05. The van der Waals surface area contributed by atoms with Crippen molar-refractivity contribution in [1.29, 1.82) is 0 Å². The van der Waals surface area contributed by atoms with Gasteiger partial charge in [-0.25, -0.2) is 5.84 Å². The summed E-state index contributed by atoms with van der Waals surface area (Å²) >= 11 is 0. The molecule has 2 saturated heterocycles. The van der Waals surface area contributed by atoms with Gasteiger partial charge in [0.05, 0.1) is 18.1 Å². The number of rotatable bonds is 3. The van der Waals surface area contributed by atoms with Gasteiger partial charge in [0.25, 0.3) is 5.91 Å². The van der Waals surface area contributed by atoms with Gasteiger partial charge in [0, 0.05) is 6.42 Å². The summed E-state index contributed by atoms with van der Waals surface area (Å²) in [7, 11) is 0. The van der Waals surface area contributed by atoms with Crippen molar-refractivity contribution in [3.8, 4) is 0 Å². The second kappa shape index (κ2) is 4.90. The Hall–Kier alpha value is -1.47. The van der Waals surface area contributed by atoms with E-state index in [0.717, 1.165) is 0 Å². The molecule has 2 heterocycles. The second-order valence-electron chi connectivity index (χ2n) is 5.70. The van der Waals surface area contributed by atoms with Crippen LogP contribution in [0.1, 0.15) is 33.1 Å². The Morgan fingerprint density at radius 2 is 2.16 bits per heavy atom. The quantitative estimate of drug-likeness (QED) is 0.305. The molecule has 0 aromatic rings. The Balaban J connectivity index is 1.95. The molecule has 0 aliphatic carbocycles. The Kier molecular flexibility index (Phi) is 3.60. The van der Waals surface area contributed by atoms with E-state index in [1.54, 1.807) is 13.8 Å². The summed E-state index contributed by atoms with van der Waals surface area (Å²) in [6, 6.07) is 0. The first-order valence-electron chi connectivity index (χ1n) is 6.36. The molecule has 0 aromatic heterocycles. The Morgan fingerprint density at radius 3 is 2.68 bits per heavy atom. The van der Waals surface area contributed by atoms with Crippen LogP contribution in [-0.4, -0.2) is 41.4 Å². The lowest BCUT2D eigenvalue weighted by molar-refractivity contribution is -0.143. The van der Waals surface area contributed by atoms with Crippen molar-refractivity contribution < 1.29 is 19.1 Å². The topological polar surface area (TPSA) is 102 Å². The van der Waals surface area contributed by atoms with Gasteiger partial charge in [0.1, 0.15) is 6.10 Å². The zero-order valence-corrected chi connectivity index (χ0v) is 11.1. The van der Waals surface area contributed by atoms with Crippen LogP contribution in [0.4, 0.5) is 0 Å². The Labute approximate surface area is 111 Å². The summed E-state index contributed by atoms with van der Waals surface area (Å²) in [6.45, 7) is 3.73. The molecule has 2 atom stereocenters. The monoisotopic (exact) mass is 269 g/mol. The van der Waals surface area contributed by atoms with Crippen molar-refractivity contribution in [3.63, 3.8) is 0 Å². The van der Waals surface area contributed by atoms with E-state index in [2.05, 4.69) is 0 Å². The minimum absolute atomic E-state index is 0.173. The minimum Gasteiger partial charge on any atom is -0.363 e. The van der Waals surface area contributed by atoms with E-state index in [1.165, 1.54) is 4.90 Å². The van der Waals surface area contributed by atoms with Gasteiger partial charge in [-0.2, -0.15) is 0 Å². The standard InChI is InChI=1S/C12H19N3O4/c1-12(2)5-9(16)15(11(12)18)6-7-3-4-8(19-7)10(17)14-13/h7-8H,3-6,13H2,1-2H3,(H,14,17). The summed E-state index contributed by atoms with van der Waals surface area (Å²) in [4.78, 5) is 36.4. The number of carbonyl (C=O) groups is 3. The van der Waals surface area contributed by atoms with Crippen LogP contribution in [0.25, 0.3) is 0 Å². The van der Waals surface area contributed by atoms with Crippen LogP contribution >= 0.6 is 0 Å². The summed E-state index contributed by atoms with van der Waals surface area (Å²) < 4.78 is 5.50. The van der Waals surface area contributed by atoms with E-state index in [-0.39, 0.29) is 36.8 Å². The smallest absolute Gasteiger partial charge is 0.263 e. The van der Waals surface area contributed by atoms with E-state index in [1.807, 2.05) is 5.43 Å². The summed E-state index contributed by atoms with van der Waals surface area (Å²) in [5.74, 6) is 4.32. The molecule has 7 nitrogen and oxygen atoms in total. The number of imide groups is 1. The number of nitrogens with one attached hydrogen (secondary N) is 1. The third kappa shape index (κ3) is 2.62. The number of nitrogens with two attached hydrogens (primary N) is 1. The number of amides is 3. The molecule has 2 aliphatic rings.